The lowest BCUT2D eigenvalue weighted by molar-refractivity contribution is -0.143. The number of aliphatic hydroxyl groups is 2. The normalized spacial score (nSPS) is 13.0. The number of rotatable bonds is 49. The van der Waals surface area contributed by atoms with E-state index in [1.54, 1.807) is 6.08 Å². The van der Waals surface area contributed by atoms with Crippen molar-refractivity contribution in [1.29, 1.82) is 0 Å². The Bertz CT molecular complexity index is 1050. The van der Waals surface area contributed by atoms with Gasteiger partial charge in [-0.15, -0.1) is 0 Å². The minimum atomic E-state index is -0.877. The second kappa shape index (κ2) is 51.5. The minimum Gasteiger partial charge on any atom is -0.466 e. The van der Waals surface area contributed by atoms with E-state index in [1.807, 2.05) is 6.08 Å². The van der Waals surface area contributed by atoms with Gasteiger partial charge in [0.15, 0.2) is 0 Å². The maximum atomic E-state index is 12.4. The fraction of sp³-hybridized carbons (Fsp3) is 0.821. The summed E-state index contributed by atoms with van der Waals surface area (Å²) in [6.45, 7) is 4.79. The molecule has 62 heavy (non-hydrogen) atoms. The van der Waals surface area contributed by atoms with E-state index >= 15 is 0 Å². The molecule has 2 atom stereocenters. The fourth-order valence-electron chi connectivity index (χ4n) is 7.90. The zero-order chi connectivity index (χ0) is 45.1. The summed E-state index contributed by atoms with van der Waals surface area (Å²) in [6.07, 6.45) is 64.1. The van der Waals surface area contributed by atoms with Crippen molar-refractivity contribution in [1.82, 2.24) is 5.32 Å². The van der Waals surface area contributed by atoms with Gasteiger partial charge >= 0.3 is 5.97 Å². The third-order valence-corrected chi connectivity index (χ3v) is 12.1. The van der Waals surface area contributed by atoms with Crippen LogP contribution in [0.4, 0.5) is 0 Å². The number of hydrogen-bond acceptors (Lipinski definition) is 5. The quantitative estimate of drug-likeness (QED) is 0.0322. The number of carbonyl (C=O) groups is 2. The zero-order valence-electron chi connectivity index (χ0n) is 41.1. The van der Waals surface area contributed by atoms with E-state index in [1.165, 1.54) is 167 Å². The first-order chi connectivity index (χ1) is 30.5. The molecule has 0 saturated carbocycles. The molecule has 0 aromatic rings. The van der Waals surface area contributed by atoms with Crippen LogP contribution < -0.4 is 5.32 Å². The summed E-state index contributed by atoms with van der Waals surface area (Å²) in [7, 11) is 0. The Balaban J connectivity index is 3.58. The highest BCUT2D eigenvalue weighted by molar-refractivity contribution is 5.76. The van der Waals surface area contributed by atoms with Crippen LogP contribution in [0.5, 0.6) is 0 Å². The smallest absolute Gasteiger partial charge is 0.305 e. The Morgan fingerprint density at radius 1 is 0.452 bits per heavy atom. The number of ether oxygens (including phenoxy) is 1. The second-order valence-corrected chi connectivity index (χ2v) is 18.2. The van der Waals surface area contributed by atoms with Gasteiger partial charge in [0.25, 0.3) is 0 Å². The van der Waals surface area contributed by atoms with Crippen molar-refractivity contribution in [2.24, 2.45) is 0 Å². The van der Waals surface area contributed by atoms with E-state index in [4.69, 9.17) is 4.74 Å². The van der Waals surface area contributed by atoms with Crippen molar-refractivity contribution in [2.45, 2.75) is 283 Å². The van der Waals surface area contributed by atoms with E-state index in [0.717, 1.165) is 77.0 Å². The second-order valence-electron chi connectivity index (χ2n) is 18.2. The van der Waals surface area contributed by atoms with E-state index < -0.39 is 12.1 Å². The lowest BCUT2D eigenvalue weighted by Gasteiger charge is -2.19. The summed E-state index contributed by atoms with van der Waals surface area (Å²) in [6, 6.07) is -0.667. The highest BCUT2D eigenvalue weighted by Gasteiger charge is 2.17. The number of unbranched alkanes of at least 4 members (excludes halogenated alkanes) is 32. The van der Waals surface area contributed by atoms with E-state index in [9.17, 15) is 19.8 Å². The van der Waals surface area contributed by atoms with Crippen LogP contribution in [0.3, 0.4) is 0 Å². The van der Waals surface area contributed by atoms with Crippen molar-refractivity contribution < 1.29 is 24.5 Å². The third-order valence-electron chi connectivity index (χ3n) is 12.1. The first-order valence-electron chi connectivity index (χ1n) is 26.9. The molecule has 0 rings (SSSR count). The van der Waals surface area contributed by atoms with Crippen molar-refractivity contribution in [3.8, 4) is 0 Å². The van der Waals surface area contributed by atoms with Gasteiger partial charge in [-0.1, -0.05) is 223 Å². The first kappa shape index (κ1) is 59.8. The molecule has 0 aliphatic rings. The predicted octanol–water partition coefficient (Wildman–Crippen LogP) is 16.2. The lowest BCUT2D eigenvalue weighted by Crippen LogP contribution is -2.45. The summed E-state index contributed by atoms with van der Waals surface area (Å²) in [4.78, 5) is 24.5. The van der Waals surface area contributed by atoms with Crippen LogP contribution in [0.25, 0.3) is 0 Å². The van der Waals surface area contributed by atoms with Gasteiger partial charge in [-0.3, -0.25) is 9.59 Å². The molecule has 0 aromatic carbocycles. The van der Waals surface area contributed by atoms with Crippen LogP contribution >= 0.6 is 0 Å². The van der Waals surface area contributed by atoms with Crippen molar-refractivity contribution in [2.75, 3.05) is 13.2 Å². The first-order valence-corrected chi connectivity index (χ1v) is 26.9. The number of aliphatic hydroxyl groups excluding tert-OH is 2. The Morgan fingerprint density at radius 3 is 1.29 bits per heavy atom. The highest BCUT2D eigenvalue weighted by Crippen LogP contribution is 2.15. The number of nitrogens with one attached hydrogen (secondary N) is 1. The van der Waals surface area contributed by atoms with Gasteiger partial charge in [0.2, 0.25) is 5.91 Å². The van der Waals surface area contributed by atoms with E-state index in [0.29, 0.717) is 19.4 Å². The number of carbonyl (C=O) groups excluding carboxylic acids is 2. The largest absolute Gasteiger partial charge is 0.466 e. The van der Waals surface area contributed by atoms with E-state index in [-0.39, 0.29) is 18.5 Å². The van der Waals surface area contributed by atoms with E-state index in [2.05, 4.69) is 55.6 Å². The summed E-state index contributed by atoms with van der Waals surface area (Å²) in [5.74, 6) is -0.175. The Kier molecular flexibility index (Phi) is 49.6. The molecule has 1 amide bonds. The summed E-state index contributed by atoms with van der Waals surface area (Å²) in [5.41, 5.74) is 0. The molecule has 0 bridgehead atoms. The number of amides is 1. The zero-order valence-corrected chi connectivity index (χ0v) is 41.1. The molecule has 0 radical (unpaired) electrons. The highest BCUT2D eigenvalue weighted by atomic mass is 16.5. The molecule has 0 fully saturated rings. The minimum absolute atomic E-state index is 0.0458. The Morgan fingerprint density at radius 2 is 0.823 bits per heavy atom. The maximum absolute atomic E-state index is 12.4. The molecule has 0 saturated heterocycles. The number of allylic oxidation sites excluding steroid dienone is 7. The van der Waals surface area contributed by atoms with Gasteiger partial charge in [0.1, 0.15) is 0 Å². The molecule has 0 aliphatic carbocycles. The van der Waals surface area contributed by atoms with Crippen LogP contribution in [0.2, 0.25) is 0 Å². The van der Waals surface area contributed by atoms with Gasteiger partial charge in [-0.05, 0) is 83.5 Å². The molecule has 6 nitrogen and oxygen atoms in total. The SMILES string of the molecule is CCCCCC/C=C\C/C=C\CCCCCCCCCC(=O)OCCCCCC/C=C\CCCC(=O)NC(CO)C(O)/C=C/CCCCCCCCCCCCCCCCCC. The summed E-state index contributed by atoms with van der Waals surface area (Å²) >= 11 is 0. The fourth-order valence-corrected chi connectivity index (χ4v) is 7.90. The Hall–Kier alpha value is -2.18. The van der Waals surface area contributed by atoms with Crippen LogP contribution in [-0.4, -0.2) is 47.4 Å². The molecule has 0 aliphatic heterocycles. The number of hydrogen-bond donors (Lipinski definition) is 3. The lowest BCUT2D eigenvalue weighted by atomic mass is 10.0. The molecule has 362 valence electrons. The summed E-state index contributed by atoms with van der Waals surface area (Å²) < 4.78 is 5.44. The average molecular weight is 870 g/mol. The van der Waals surface area contributed by atoms with Crippen molar-refractivity contribution in [3.63, 3.8) is 0 Å². The van der Waals surface area contributed by atoms with Gasteiger partial charge in [-0.25, -0.2) is 0 Å². The topological polar surface area (TPSA) is 95.9 Å². The molecular formula is C56H103NO5. The summed E-state index contributed by atoms with van der Waals surface area (Å²) in [5, 5.41) is 23.1. The average Bonchev–Trinajstić information content (AvgIpc) is 3.27. The van der Waals surface area contributed by atoms with Crippen LogP contribution in [-0.2, 0) is 14.3 Å². The van der Waals surface area contributed by atoms with Crippen LogP contribution in [0.1, 0.15) is 271 Å². The monoisotopic (exact) mass is 870 g/mol. The molecule has 2 unspecified atom stereocenters. The maximum Gasteiger partial charge on any atom is 0.305 e. The standard InChI is InChI=1S/C56H103NO5/c1-3-5-7-9-11-13-15-17-19-21-23-25-27-29-32-36-40-44-48-54(59)53(52-58)57-55(60)49-45-41-37-33-31-35-39-43-47-51-62-56(61)50-46-42-38-34-30-28-26-24-22-20-18-16-14-12-10-8-6-4-2/h14,16,20,22,33,37,44,48,53-54,58-59H,3-13,15,17-19,21,23-32,34-36,38-43,45-47,49-52H2,1-2H3,(H,57,60)/b16-14-,22-20-,37-33-,48-44+. The molecule has 0 aromatic heterocycles. The predicted molar refractivity (Wildman–Crippen MR) is 269 cm³/mol. The van der Waals surface area contributed by atoms with Gasteiger partial charge < -0.3 is 20.3 Å². The van der Waals surface area contributed by atoms with Gasteiger partial charge in [0.05, 0.1) is 25.4 Å². The molecule has 3 N–H and O–H groups in total. The van der Waals surface area contributed by atoms with Crippen molar-refractivity contribution >= 4 is 11.9 Å². The third kappa shape index (κ3) is 47.3. The molecule has 0 spiro atoms. The molecule has 6 heteroatoms. The Labute approximate surface area is 385 Å². The van der Waals surface area contributed by atoms with Crippen molar-refractivity contribution in [3.05, 3.63) is 48.6 Å². The molecular weight excluding hydrogens is 767 g/mol. The van der Waals surface area contributed by atoms with Gasteiger partial charge in [0, 0.05) is 12.8 Å². The number of esters is 1. The van der Waals surface area contributed by atoms with Crippen LogP contribution in [0, 0.1) is 0 Å². The van der Waals surface area contributed by atoms with Crippen LogP contribution in [0.15, 0.2) is 48.6 Å². The molecule has 0 heterocycles. The van der Waals surface area contributed by atoms with Gasteiger partial charge in [-0.2, -0.15) is 0 Å².